The van der Waals surface area contributed by atoms with E-state index < -0.39 is 11.5 Å². The molecule has 1 fully saturated rings. The van der Waals surface area contributed by atoms with Crippen LogP contribution in [0.15, 0.2) is 0 Å². The van der Waals surface area contributed by atoms with Gasteiger partial charge in [0.2, 0.25) is 5.91 Å². The molecule has 7 nitrogen and oxygen atoms in total. The summed E-state index contributed by atoms with van der Waals surface area (Å²) < 4.78 is 0. The van der Waals surface area contributed by atoms with E-state index in [1.807, 2.05) is 20.8 Å². The summed E-state index contributed by atoms with van der Waals surface area (Å²) >= 11 is 0. The Morgan fingerprint density at radius 2 is 1.57 bits per heavy atom. The van der Waals surface area contributed by atoms with Gasteiger partial charge in [-0.1, -0.05) is 0 Å². The van der Waals surface area contributed by atoms with Crippen LogP contribution in [0.4, 0.5) is 4.79 Å². The fourth-order valence-electron chi connectivity index (χ4n) is 2.32. The highest BCUT2D eigenvalue weighted by molar-refractivity contribution is 5.81. The van der Waals surface area contributed by atoms with Gasteiger partial charge in [-0.2, -0.15) is 0 Å². The second kappa shape index (κ2) is 6.78. The number of urea groups is 1. The van der Waals surface area contributed by atoms with Crippen LogP contribution in [-0.4, -0.2) is 76.0 Å². The maximum absolute atomic E-state index is 12.6. The predicted molar refractivity (Wildman–Crippen MR) is 77.9 cm³/mol. The lowest BCUT2D eigenvalue weighted by molar-refractivity contribution is -0.138. The smallest absolute Gasteiger partial charge is 0.323 e. The van der Waals surface area contributed by atoms with Gasteiger partial charge < -0.3 is 19.8 Å². The number of carbonyl (C=O) groups is 3. The molecule has 120 valence electrons. The second-order valence-corrected chi connectivity index (χ2v) is 6.28. The van der Waals surface area contributed by atoms with Crippen LogP contribution in [0.1, 0.15) is 34.1 Å². The molecule has 0 aliphatic carbocycles. The minimum absolute atomic E-state index is 0.00233. The van der Waals surface area contributed by atoms with Crippen LogP contribution in [0.2, 0.25) is 0 Å². The summed E-state index contributed by atoms with van der Waals surface area (Å²) in [5, 5.41) is 9.00. The van der Waals surface area contributed by atoms with Crippen molar-refractivity contribution in [3.05, 3.63) is 0 Å². The van der Waals surface area contributed by atoms with E-state index in [4.69, 9.17) is 5.11 Å². The van der Waals surface area contributed by atoms with Crippen molar-refractivity contribution in [1.29, 1.82) is 0 Å². The number of carbonyl (C=O) groups excluding carboxylic acids is 2. The van der Waals surface area contributed by atoms with E-state index in [2.05, 4.69) is 0 Å². The minimum Gasteiger partial charge on any atom is -0.480 e. The molecule has 0 bridgehead atoms. The Kier molecular flexibility index (Phi) is 5.57. The first-order valence-electron chi connectivity index (χ1n) is 7.17. The van der Waals surface area contributed by atoms with Crippen molar-refractivity contribution >= 4 is 17.9 Å². The molecule has 0 aromatic rings. The molecule has 1 rings (SSSR count). The lowest BCUT2D eigenvalue weighted by Crippen LogP contribution is -2.54. The van der Waals surface area contributed by atoms with E-state index in [0.717, 1.165) is 0 Å². The zero-order chi connectivity index (χ0) is 16.2. The van der Waals surface area contributed by atoms with Gasteiger partial charge in [-0.05, 0) is 27.2 Å². The third-order valence-corrected chi connectivity index (χ3v) is 3.55. The first-order chi connectivity index (χ1) is 9.62. The number of carboxylic acid groups (broad SMARTS) is 1. The first kappa shape index (κ1) is 17.3. The molecule has 0 aromatic carbocycles. The summed E-state index contributed by atoms with van der Waals surface area (Å²) in [6.07, 6.45) is 0.705. The Morgan fingerprint density at radius 3 is 2.05 bits per heavy atom. The number of aliphatic carboxylic acids is 1. The van der Waals surface area contributed by atoms with E-state index in [0.29, 0.717) is 32.6 Å². The second-order valence-electron chi connectivity index (χ2n) is 6.28. The largest absolute Gasteiger partial charge is 0.480 e. The lowest BCUT2D eigenvalue weighted by atomic mass is 10.1. The predicted octanol–water partition coefficient (Wildman–Crippen LogP) is 0.846. The molecule has 3 amide bonds. The molecule has 0 atom stereocenters. The molecular formula is C14H25N3O4. The molecule has 0 unspecified atom stereocenters. The summed E-state index contributed by atoms with van der Waals surface area (Å²) in [5.74, 6) is -1.03. The molecule has 21 heavy (non-hydrogen) atoms. The van der Waals surface area contributed by atoms with Crippen LogP contribution in [0.5, 0.6) is 0 Å². The van der Waals surface area contributed by atoms with E-state index in [1.54, 1.807) is 9.80 Å². The topological polar surface area (TPSA) is 81.2 Å². The quantitative estimate of drug-likeness (QED) is 0.819. The molecule has 0 radical (unpaired) electrons. The molecule has 1 heterocycles. The fourth-order valence-corrected chi connectivity index (χ4v) is 2.32. The van der Waals surface area contributed by atoms with Crippen molar-refractivity contribution in [1.82, 2.24) is 14.7 Å². The van der Waals surface area contributed by atoms with Gasteiger partial charge in [0.1, 0.15) is 6.54 Å². The van der Waals surface area contributed by atoms with E-state index in [9.17, 15) is 14.4 Å². The summed E-state index contributed by atoms with van der Waals surface area (Å²) in [6, 6.07) is -0.282. The van der Waals surface area contributed by atoms with Crippen molar-refractivity contribution in [2.24, 2.45) is 0 Å². The molecule has 0 aromatic heterocycles. The number of nitrogens with zero attached hydrogens (tertiary/aromatic N) is 3. The highest BCUT2D eigenvalue weighted by Gasteiger charge is 2.32. The number of carboxylic acids is 1. The number of hydrogen-bond acceptors (Lipinski definition) is 3. The zero-order valence-electron chi connectivity index (χ0n) is 13.3. The molecule has 0 saturated carbocycles. The van der Waals surface area contributed by atoms with Crippen LogP contribution in [-0.2, 0) is 9.59 Å². The Hall–Kier alpha value is -1.79. The van der Waals surface area contributed by atoms with Gasteiger partial charge in [-0.3, -0.25) is 9.59 Å². The van der Waals surface area contributed by atoms with E-state index in [1.165, 1.54) is 11.8 Å². The highest BCUT2D eigenvalue weighted by Crippen LogP contribution is 2.17. The Morgan fingerprint density at radius 1 is 1.05 bits per heavy atom. The number of amides is 3. The summed E-state index contributed by atoms with van der Waals surface area (Å²) in [7, 11) is 0. The van der Waals surface area contributed by atoms with Crippen LogP contribution in [0.3, 0.4) is 0 Å². The first-order valence-corrected chi connectivity index (χ1v) is 7.17. The molecule has 1 N–H and O–H groups in total. The average molecular weight is 299 g/mol. The third kappa shape index (κ3) is 4.91. The SMILES string of the molecule is CC(=O)N1CCCN(C(=O)N(CC(=O)O)C(C)(C)C)CC1. The van der Waals surface area contributed by atoms with Crippen LogP contribution < -0.4 is 0 Å². The fraction of sp³-hybridized carbons (Fsp3) is 0.786. The number of rotatable bonds is 2. The van der Waals surface area contributed by atoms with Crippen LogP contribution >= 0.6 is 0 Å². The van der Waals surface area contributed by atoms with Crippen LogP contribution in [0.25, 0.3) is 0 Å². The monoisotopic (exact) mass is 299 g/mol. The molecule has 1 saturated heterocycles. The van der Waals surface area contributed by atoms with Gasteiger partial charge in [0.05, 0.1) is 0 Å². The normalized spacial score (nSPS) is 16.4. The van der Waals surface area contributed by atoms with Gasteiger partial charge in [0.15, 0.2) is 0 Å². The zero-order valence-corrected chi connectivity index (χ0v) is 13.3. The average Bonchev–Trinajstić information content (AvgIpc) is 2.59. The number of hydrogen-bond donors (Lipinski definition) is 1. The van der Waals surface area contributed by atoms with E-state index >= 15 is 0 Å². The van der Waals surface area contributed by atoms with Crippen molar-refractivity contribution < 1.29 is 19.5 Å². The standard InChI is InChI=1S/C14H25N3O4/c1-11(18)15-6-5-7-16(9-8-15)13(21)17(10-12(19)20)14(2,3)4/h5-10H2,1-4H3,(H,19,20). The summed E-state index contributed by atoms with van der Waals surface area (Å²) in [6.45, 7) is 8.73. The van der Waals surface area contributed by atoms with Crippen LogP contribution in [0, 0.1) is 0 Å². The molecule has 1 aliphatic rings. The Bertz CT molecular complexity index is 417. The Labute approximate surface area is 125 Å². The molecule has 7 heteroatoms. The summed E-state index contributed by atoms with van der Waals surface area (Å²) in [4.78, 5) is 39.7. The van der Waals surface area contributed by atoms with Gasteiger partial charge in [-0.25, -0.2) is 4.79 Å². The minimum atomic E-state index is -1.03. The van der Waals surface area contributed by atoms with Gasteiger partial charge in [0, 0.05) is 38.6 Å². The highest BCUT2D eigenvalue weighted by atomic mass is 16.4. The van der Waals surface area contributed by atoms with E-state index in [-0.39, 0.29) is 18.5 Å². The maximum atomic E-state index is 12.6. The molecule has 0 spiro atoms. The Balaban J connectivity index is 2.79. The van der Waals surface area contributed by atoms with Crippen molar-refractivity contribution in [2.75, 3.05) is 32.7 Å². The van der Waals surface area contributed by atoms with Crippen molar-refractivity contribution in [3.63, 3.8) is 0 Å². The molecular weight excluding hydrogens is 274 g/mol. The van der Waals surface area contributed by atoms with Crippen molar-refractivity contribution in [2.45, 2.75) is 39.7 Å². The summed E-state index contributed by atoms with van der Waals surface area (Å²) in [5.41, 5.74) is -0.567. The van der Waals surface area contributed by atoms with Gasteiger partial charge in [0.25, 0.3) is 0 Å². The van der Waals surface area contributed by atoms with Gasteiger partial charge >= 0.3 is 12.0 Å². The van der Waals surface area contributed by atoms with Gasteiger partial charge in [-0.15, -0.1) is 0 Å². The third-order valence-electron chi connectivity index (χ3n) is 3.55. The lowest BCUT2D eigenvalue weighted by Gasteiger charge is -2.38. The maximum Gasteiger partial charge on any atom is 0.323 e. The molecule has 1 aliphatic heterocycles. The van der Waals surface area contributed by atoms with Crippen molar-refractivity contribution in [3.8, 4) is 0 Å².